The first-order chi connectivity index (χ1) is 20.4. The highest BCUT2D eigenvalue weighted by molar-refractivity contribution is 6.42. The van der Waals surface area contributed by atoms with E-state index < -0.39 is 6.04 Å². The van der Waals surface area contributed by atoms with Crippen molar-refractivity contribution in [3.63, 3.8) is 0 Å². The van der Waals surface area contributed by atoms with Crippen molar-refractivity contribution in [1.29, 1.82) is 0 Å². The molecule has 8 heteroatoms. The Labute approximate surface area is 256 Å². The number of carbonyl (C=O) groups is 1. The molecule has 0 aromatic heterocycles. The summed E-state index contributed by atoms with van der Waals surface area (Å²) in [6, 6.07) is 28.6. The fourth-order valence-electron chi connectivity index (χ4n) is 4.95. The molecule has 0 bridgehead atoms. The molecule has 6 nitrogen and oxygen atoms in total. The average molecular weight is 607 g/mol. The highest BCUT2D eigenvalue weighted by Crippen LogP contribution is 2.37. The number of hydrogen-bond acceptors (Lipinski definition) is 6. The summed E-state index contributed by atoms with van der Waals surface area (Å²) in [5.74, 6) is 1.75. The van der Waals surface area contributed by atoms with Crippen molar-refractivity contribution in [3.8, 4) is 17.2 Å². The Hall–Kier alpha value is -3.71. The molecule has 1 heterocycles. The summed E-state index contributed by atoms with van der Waals surface area (Å²) >= 11 is 12.1. The zero-order valence-electron chi connectivity index (χ0n) is 23.5. The van der Waals surface area contributed by atoms with Gasteiger partial charge in [-0.3, -0.25) is 10.1 Å². The topological polar surface area (TPSA) is 66.0 Å². The molecule has 218 valence electrons. The second-order valence-electron chi connectivity index (χ2n) is 10.1. The molecule has 4 aromatic carbocycles. The van der Waals surface area contributed by atoms with E-state index in [-0.39, 0.29) is 18.1 Å². The van der Waals surface area contributed by atoms with E-state index in [1.165, 1.54) is 7.11 Å². The van der Waals surface area contributed by atoms with Crippen LogP contribution in [0.15, 0.2) is 91.0 Å². The van der Waals surface area contributed by atoms with Crippen molar-refractivity contribution in [1.82, 2.24) is 5.32 Å². The van der Waals surface area contributed by atoms with Gasteiger partial charge < -0.3 is 18.9 Å². The van der Waals surface area contributed by atoms with Crippen LogP contribution in [-0.2, 0) is 22.6 Å². The van der Waals surface area contributed by atoms with E-state index >= 15 is 0 Å². The van der Waals surface area contributed by atoms with E-state index in [2.05, 4.69) is 24.4 Å². The number of halogens is 2. The number of ether oxygens (including phenoxy) is 4. The Morgan fingerprint density at radius 1 is 0.929 bits per heavy atom. The predicted octanol–water partition coefficient (Wildman–Crippen LogP) is 7.91. The van der Waals surface area contributed by atoms with Crippen LogP contribution in [0.2, 0.25) is 10.0 Å². The summed E-state index contributed by atoms with van der Waals surface area (Å²) in [7, 11) is 1.42. The van der Waals surface area contributed by atoms with Crippen LogP contribution in [0.3, 0.4) is 0 Å². The standard InChI is InChI=1S/C34H33Cl2NO5/c1-3-29(24-7-5-4-6-8-24)37-30(34(38)39-2)18-22-10-16-31-32(19-22)41-21-33(42-31)25-11-13-26(14-12-25)40-20-23-9-15-27(35)28(36)17-23/h4-17,19,29-30,33,37H,3,18,20-21H2,1-2H3. The largest absolute Gasteiger partial charge is 0.489 e. The van der Waals surface area contributed by atoms with Crippen LogP contribution in [0.5, 0.6) is 17.2 Å². The third-order valence-corrected chi connectivity index (χ3v) is 7.99. The van der Waals surface area contributed by atoms with Crippen LogP contribution >= 0.6 is 23.2 Å². The van der Waals surface area contributed by atoms with E-state index in [1.54, 1.807) is 12.1 Å². The molecule has 42 heavy (non-hydrogen) atoms. The van der Waals surface area contributed by atoms with Crippen molar-refractivity contribution < 1.29 is 23.7 Å². The summed E-state index contributed by atoms with van der Waals surface area (Å²) in [6.07, 6.45) is 1.04. The molecule has 0 spiro atoms. The lowest BCUT2D eigenvalue weighted by molar-refractivity contribution is -0.143. The summed E-state index contributed by atoms with van der Waals surface area (Å²) in [4.78, 5) is 12.7. The number of methoxy groups -OCH3 is 1. The van der Waals surface area contributed by atoms with Crippen molar-refractivity contribution in [3.05, 3.63) is 123 Å². The Kier molecular flexibility index (Phi) is 9.90. The van der Waals surface area contributed by atoms with Gasteiger partial charge in [0, 0.05) is 6.04 Å². The SMILES string of the molecule is CCC(NC(Cc1ccc2c(c1)OCC(c1ccc(OCc3ccc(Cl)c(Cl)c3)cc1)O2)C(=O)OC)c1ccccc1. The van der Waals surface area contributed by atoms with E-state index in [0.29, 0.717) is 41.2 Å². The maximum absolute atomic E-state index is 12.7. The minimum Gasteiger partial charge on any atom is -0.489 e. The first kappa shape index (κ1) is 29.8. The molecule has 5 rings (SSSR count). The second kappa shape index (κ2) is 14.0. The van der Waals surface area contributed by atoms with Gasteiger partial charge in [-0.15, -0.1) is 0 Å². The predicted molar refractivity (Wildman–Crippen MR) is 165 cm³/mol. The van der Waals surface area contributed by atoms with Crippen LogP contribution in [0.1, 0.15) is 47.7 Å². The van der Waals surface area contributed by atoms with Gasteiger partial charge >= 0.3 is 5.97 Å². The number of rotatable bonds is 11. The summed E-state index contributed by atoms with van der Waals surface area (Å²) in [5.41, 5.74) is 4.00. The van der Waals surface area contributed by atoms with E-state index in [9.17, 15) is 4.79 Å². The molecule has 0 saturated heterocycles. The van der Waals surface area contributed by atoms with E-state index in [4.69, 9.17) is 42.1 Å². The third kappa shape index (κ3) is 7.37. The maximum atomic E-state index is 12.7. The van der Waals surface area contributed by atoms with Gasteiger partial charge in [0.2, 0.25) is 0 Å². The molecule has 1 aliphatic rings. The summed E-state index contributed by atoms with van der Waals surface area (Å²) in [6.45, 7) is 2.84. The Bertz CT molecular complexity index is 1500. The van der Waals surface area contributed by atoms with Crippen molar-refractivity contribution >= 4 is 29.2 Å². The molecule has 4 aromatic rings. The first-order valence-electron chi connectivity index (χ1n) is 13.9. The normalized spacial score (nSPS) is 15.5. The molecule has 0 saturated carbocycles. The fraction of sp³-hybridized carbons (Fsp3) is 0.265. The monoisotopic (exact) mass is 605 g/mol. The third-order valence-electron chi connectivity index (χ3n) is 7.25. The van der Waals surface area contributed by atoms with Gasteiger partial charge in [-0.2, -0.15) is 0 Å². The van der Waals surface area contributed by atoms with Gasteiger partial charge in [-0.25, -0.2) is 0 Å². The van der Waals surface area contributed by atoms with Gasteiger partial charge in [0.1, 0.15) is 25.0 Å². The molecule has 0 amide bonds. The number of esters is 1. The van der Waals surface area contributed by atoms with Gasteiger partial charge in [0.15, 0.2) is 17.6 Å². The second-order valence-corrected chi connectivity index (χ2v) is 10.9. The smallest absolute Gasteiger partial charge is 0.323 e. The van der Waals surface area contributed by atoms with Crippen molar-refractivity contribution in [2.45, 2.75) is 44.6 Å². The van der Waals surface area contributed by atoms with Crippen LogP contribution < -0.4 is 19.5 Å². The van der Waals surface area contributed by atoms with Gasteiger partial charge in [-0.05, 0) is 71.5 Å². The van der Waals surface area contributed by atoms with Gasteiger partial charge in [0.25, 0.3) is 0 Å². The summed E-state index contributed by atoms with van der Waals surface area (Å²) in [5, 5.41) is 4.51. The van der Waals surface area contributed by atoms with Crippen LogP contribution in [0.25, 0.3) is 0 Å². The Morgan fingerprint density at radius 3 is 2.40 bits per heavy atom. The quantitative estimate of drug-likeness (QED) is 0.175. The molecule has 0 radical (unpaired) electrons. The zero-order valence-corrected chi connectivity index (χ0v) is 25.0. The molecular formula is C34H33Cl2NO5. The lowest BCUT2D eigenvalue weighted by Gasteiger charge is -2.28. The minimum absolute atomic E-state index is 0.0287. The lowest BCUT2D eigenvalue weighted by Crippen LogP contribution is -2.41. The van der Waals surface area contributed by atoms with E-state index in [1.807, 2.05) is 66.7 Å². The molecule has 0 fully saturated rings. The minimum atomic E-state index is -0.507. The van der Waals surface area contributed by atoms with Gasteiger partial charge in [0.05, 0.1) is 17.2 Å². The van der Waals surface area contributed by atoms with E-state index in [0.717, 1.165) is 34.4 Å². The average Bonchev–Trinajstić information content (AvgIpc) is 3.03. The van der Waals surface area contributed by atoms with Crippen molar-refractivity contribution in [2.24, 2.45) is 0 Å². The number of fused-ring (bicyclic) bond motifs is 1. The van der Waals surface area contributed by atoms with Crippen LogP contribution in [0.4, 0.5) is 0 Å². The summed E-state index contributed by atoms with van der Waals surface area (Å²) < 4.78 is 23.4. The Balaban J connectivity index is 1.20. The molecule has 1 N–H and O–H groups in total. The van der Waals surface area contributed by atoms with Crippen LogP contribution in [-0.4, -0.2) is 25.7 Å². The van der Waals surface area contributed by atoms with Gasteiger partial charge in [-0.1, -0.05) is 84.7 Å². The molecule has 3 unspecified atom stereocenters. The first-order valence-corrected chi connectivity index (χ1v) is 14.7. The van der Waals surface area contributed by atoms with Crippen LogP contribution in [0, 0.1) is 0 Å². The molecule has 1 aliphatic heterocycles. The highest BCUT2D eigenvalue weighted by Gasteiger charge is 2.26. The van der Waals surface area contributed by atoms with Crippen molar-refractivity contribution in [2.75, 3.05) is 13.7 Å². The number of nitrogens with one attached hydrogen (secondary N) is 1. The lowest BCUT2D eigenvalue weighted by atomic mass is 10.00. The number of carbonyl (C=O) groups excluding carboxylic acids is 1. The highest BCUT2D eigenvalue weighted by atomic mass is 35.5. The number of hydrogen-bond donors (Lipinski definition) is 1. The number of benzene rings is 4. The molecule has 3 atom stereocenters. The molecular weight excluding hydrogens is 573 g/mol. The fourth-order valence-corrected chi connectivity index (χ4v) is 5.27. The zero-order chi connectivity index (χ0) is 29.5. The Morgan fingerprint density at radius 2 is 1.69 bits per heavy atom. The maximum Gasteiger partial charge on any atom is 0.323 e. The molecule has 0 aliphatic carbocycles.